The van der Waals surface area contributed by atoms with Crippen LogP contribution in [0.25, 0.3) is 11.1 Å². The van der Waals surface area contributed by atoms with Gasteiger partial charge in [-0.25, -0.2) is 9.59 Å². The summed E-state index contributed by atoms with van der Waals surface area (Å²) in [4.78, 5) is 52.2. The lowest BCUT2D eigenvalue weighted by Crippen LogP contribution is -2.41. The zero-order valence-corrected chi connectivity index (χ0v) is 30.1. The highest BCUT2D eigenvalue weighted by molar-refractivity contribution is 7.98. The van der Waals surface area contributed by atoms with Gasteiger partial charge < -0.3 is 25.7 Å². The topological polar surface area (TPSA) is 136 Å². The van der Waals surface area contributed by atoms with E-state index in [1.54, 1.807) is 18.2 Å². The number of hydrogen-bond acceptors (Lipinski definition) is 7. The second-order valence-corrected chi connectivity index (χ2v) is 13.8. The number of carboxylic acids is 2. The Labute approximate surface area is 301 Å². The highest BCUT2D eigenvalue weighted by Gasteiger charge is 2.24. The smallest absolute Gasteiger partial charge is 0.326 e. The number of carboxylic acid groups (broad SMARTS) is 2. The van der Waals surface area contributed by atoms with Gasteiger partial charge in [0, 0.05) is 29.9 Å². The van der Waals surface area contributed by atoms with E-state index in [9.17, 15) is 29.4 Å². The number of amides is 2. The minimum Gasteiger partial charge on any atom is -0.480 e. The van der Waals surface area contributed by atoms with Gasteiger partial charge in [0.15, 0.2) is 0 Å². The second-order valence-electron chi connectivity index (χ2n) is 11.9. The molecular formula is C39H43N3O6S2. The molecule has 0 aliphatic carbocycles. The van der Waals surface area contributed by atoms with E-state index in [4.69, 9.17) is 0 Å². The standard InChI is InChI=1S/C39H43N3O6S2/c1-26-9-7-8-12-31(26)33-23-28(15-18-32(33)37(44)41-35(39(47)48)20-22-50-3)25-42(30-10-5-4-6-11-30)24-27-13-16-29(17-14-27)36(43)40-34(38(45)46)19-21-49-2/h4-18,23,34-35H,19-22,24-25H2,1-3H3,(H,40,43)(H,41,44)(H,45,46)(H,47,48)/t34-,35-/m0/s1. The molecule has 4 N–H and O–H groups in total. The summed E-state index contributed by atoms with van der Waals surface area (Å²) in [5, 5.41) is 24.6. The normalized spacial score (nSPS) is 12.1. The van der Waals surface area contributed by atoms with Crippen LogP contribution < -0.4 is 15.5 Å². The van der Waals surface area contributed by atoms with E-state index >= 15 is 0 Å². The number of benzene rings is 4. The molecule has 4 aromatic rings. The van der Waals surface area contributed by atoms with Crippen molar-refractivity contribution in [3.63, 3.8) is 0 Å². The summed E-state index contributed by atoms with van der Waals surface area (Å²) in [6, 6.07) is 28.6. The Balaban J connectivity index is 1.62. The Morgan fingerprint density at radius 1 is 0.660 bits per heavy atom. The van der Waals surface area contributed by atoms with Crippen LogP contribution in [-0.4, -0.2) is 70.1 Å². The molecule has 0 spiro atoms. The van der Waals surface area contributed by atoms with Crippen molar-refractivity contribution in [2.24, 2.45) is 0 Å². The number of nitrogens with one attached hydrogen (secondary N) is 2. The molecule has 0 aromatic heterocycles. The molecule has 0 saturated heterocycles. The first-order chi connectivity index (χ1) is 24.1. The highest BCUT2D eigenvalue weighted by atomic mass is 32.2. The van der Waals surface area contributed by atoms with Crippen molar-refractivity contribution in [2.75, 3.05) is 28.9 Å². The summed E-state index contributed by atoms with van der Waals surface area (Å²) in [6.07, 6.45) is 4.45. The Kier molecular flexibility index (Phi) is 14.4. The fourth-order valence-electron chi connectivity index (χ4n) is 5.53. The Morgan fingerprint density at radius 3 is 1.78 bits per heavy atom. The Morgan fingerprint density at radius 2 is 1.20 bits per heavy atom. The van der Waals surface area contributed by atoms with E-state index < -0.39 is 35.8 Å². The van der Waals surface area contributed by atoms with Gasteiger partial charge in [-0.2, -0.15) is 23.5 Å². The molecule has 262 valence electrons. The minimum absolute atomic E-state index is 0.318. The van der Waals surface area contributed by atoms with Gasteiger partial charge >= 0.3 is 11.9 Å². The van der Waals surface area contributed by atoms with Gasteiger partial charge in [-0.1, -0.05) is 60.7 Å². The molecule has 0 aliphatic heterocycles. The third kappa shape index (κ3) is 10.6. The molecule has 4 aromatic carbocycles. The molecule has 0 radical (unpaired) electrons. The van der Waals surface area contributed by atoms with Crippen LogP contribution in [-0.2, 0) is 22.7 Å². The van der Waals surface area contributed by atoms with Crippen LogP contribution in [0, 0.1) is 6.92 Å². The lowest BCUT2D eigenvalue weighted by molar-refractivity contribution is -0.140. The Hall–Kier alpha value is -4.74. The maximum atomic E-state index is 13.6. The monoisotopic (exact) mass is 713 g/mol. The van der Waals surface area contributed by atoms with Crippen molar-refractivity contribution in [1.82, 2.24) is 10.6 Å². The number of anilines is 1. The molecule has 0 aliphatic rings. The van der Waals surface area contributed by atoms with E-state index in [0.29, 0.717) is 54.1 Å². The summed E-state index contributed by atoms with van der Waals surface area (Å²) in [5.41, 5.74) is 6.23. The number of nitrogens with zero attached hydrogens (tertiary/aromatic N) is 1. The zero-order chi connectivity index (χ0) is 36.0. The summed E-state index contributed by atoms with van der Waals surface area (Å²) in [6.45, 7) is 2.98. The van der Waals surface area contributed by atoms with Crippen molar-refractivity contribution in [1.29, 1.82) is 0 Å². The summed E-state index contributed by atoms with van der Waals surface area (Å²) in [5.74, 6) is -1.77. The van der Waals surface area contributed by atoms with Crippen LogP contribution in [0.2, 0.25) is 0 Å². The van der Waals surface area contributed by atoms with E-state index in [0.717, 1.165) is 27.9 Å². The summed E-state index contributed by atoms with van der Waals surface area (Å²) in [7, 11) is 0. The fraction of sp³-hybridized carbons (Fsp3) is 0.282. The zero-order valence-electron chi connectivity index (χ0n) is 28.4. The van der Waals surface area contributed by atoms with Gasteiger partial charge in [0.2, 0.25) is 0 Å². The molecule has 0 fully saturated rings. The van der Waals surface area contributed by atoms with Crippen LogP contribution in [0.4, 0.5) is 5.69 Å². The SMILES string of the molecule is CSCC[C@H](NC(=O)c1ccc(CN(Cc2ccc(C(=O)N[C@@H](CCSC)C(=O)O)c(-c3ccccc3C)c2)c2ccccc2)cc1)C(=O)O. The fourth-order valence-corrected chi connectivity index (χ4v) is 6.47. The molecule has 0 saturated carbocycles. The van der Waals surface area contributed by atoms with Crippen LogP contribution >= 0.6 is 23.5 Å². The predicted molar refractivity (Wildman–Crippen MR) is 203 cm³/mol. The first kappa shape index (κ1) is 38.1. The van der Waals surface area contributed by atoms with Crippen molar-refractivity contribution in [3.8, 4) is 11.1 Å². The van der Waals surface area contributed by atoms with Crippen molar-refractivity contribution < 1.29 is 29.4 Å². The lowest BCUT2D eigenvalue weighted by atomic mass is 9.93. The average molecular weight is 714 g/mol. The summed E-state index contributed by atoms with van der Waals surface area (Å²) >= 11 is 3.05. The highest BCUT2D eigenvalue weighted by Crippen LogP contribution is 2.30. The third-order valence-corrected chi connectivity index (χ3v) is 9.56. The molecule has 0 unspecified atom stereocenters. The summed E-state index contributed by atoms with van der Waals surface area (Å²) < 4.78 is 0. The largest absolute Gasteiger partial charge is 0.480 e. The number of carbonyl (C=O) groups excluding carboxylic acids is 2. The van der Waals surface area contributed by atoms with Gasteiger partial charge in [0.25, 0.3) is 11.8 Å². The van der Waals surface area contributed by atoms with E-state index in [2.05, 4.69) is 15.5 Å². The molecule has 9 nitrogen and oxygen atoms in total. The van der Waals surface area contributed by atoms with Crippen LogP contribution in [0.5, 0.6) is 0 Å². The number of thioether (sulfide) groups is 2. The first-order valence-electron chi connectivity index (χ1n) is 16.2. The number of para-hydroxylation sites is 1. The maximum Gasteiger partial charge on any atom is 0.326 e. The third-order valence-electron chi connectivity index (χ3n) is 8.28. The average Bonchev–Trinajstić information content (AvgIpc) is 3.12. The Bertz CT molecular complexity index is 1770. The molecule has 0 bridgehead atoms. The van der Waals surface area contributed by atoms with Gasteiger partial charge in [-0.15, -0.1) is 0 Å². The number of aryl methyl sites for hydroxylation is 1. The molecule has 4 rings (SSSR count). The lowest BCUT2D eigenvalue weighted by Gasteiger charge is -2.26. The molecular weight excluding hydrogens is 671 g/mol. The van der Waals surface area contributed by atoms with E-state index in [-0.39, 0.29) is 0 Å². The van der Waals surface area contributed by atoms with E-state index in [1.165, 1.54) is 23.5 Å². The van der Waals surface area contributed by atoms with Gasteiger partial charge in [0.05, 0.1) is 0 Å². The van der Waals surface area contributed by atoms with Crippen LogP contribution in [0.1, 0.15) is 50.2 Å². The van der Waals surface area contributed by atoms with Crippen LogP contribution in [0.15, 0.2) is 97.1 Å². The van der Waals surface area contributed by atoms with Crippen molar-refractivity contribution >= 4 is 53.0 Å². The van der Waals surface area contributed by atoms with Crippen molar-refractivity contribution in [2.45, 2.75) is 44.9 Å². The number of carbonyl (C=O) groups is 4. The first-order valence-corrected chi connectivity index (χ1v) is 19.0. The molecule has 2 amide bonds. The quantitative estimate of drug-likeness (QED) is 0.0884. The van der Waals surface area contributed by atoms with Gasteiger partial charge in [-0.3, -0.25) is 9.59 Å². The molecule has 11 heteroatoms. The second kappa shape index (κ2) is 18.9. The number of rotatable bonds is 18. The number of aliphatic carboxylic acids is 2. The maximum absolute atomic E-state index is 13.6. The van der Waals surface area contributed by atoms with Crippen molar-refractivity contribution in [3.05, 3.63) is 125 Å². The number of hydrogen-bond donors (Lipinski definition) is 4. The predicted octanol–water partition coefficient (Wildman–Crippen LogP) is 6.74. The molecule has 2 atom stereocenters. The van der Waals surface area contributed by atoms with Crippen LogP contribution in [0.3, 0.4) is 0 Å². The minimum atomic E-state index is -1.07. The van der Waals surface area contributed by atoms with Gasteiger partial charge in [-0.05, 0) is 108 Å². The molecule has 50 heavy (non-hydrogen) atoms. The van der Waals surface area contributed by atoms with E-state index in [1.807, 2.05) is 98.3 Å². The van der Waals surface area contributed by atoms with Gasteiger partial charge in [0.1, 0.15) is 12.1 Å². The molecule has 0 heterocycles.